The quantitative estimate of drug-likeness (QED) is 0.597. The lowest BCUT2D eigenvalue weighted by Crippen LogP contribution is -2.36. The normalized spacial score (nSPS) is 23.2. The van der Waals surface area contributed by atoms with Crippen LogP contribution in [0.4, 0.5) is 4.39 Å². The molecule has 0 saturated carbocycles. The molecule has 6 heteroatoms. The Morgan fingerprint density at radius 2 is 1.83 bits per heavy atom. The molecular formula is C29H30FNO4. The third-order valence-corrected chi connectivity index (χ3v) is 7.37. The van der Waals surface area contributed by atoms with E-state index in [2.05, 4.69) is 25.2 Å². The predicted octanol–water partition coefficient (Wildman–Crippen LogP) is 5.46. The lowest BCUT2D eigenvalue weighted by atomic mass is 9.71. The van der Waals surface area contributed by atoms with Crippen molar-refractivity contribution in [2.24, 2.45) is 0 Å². The van der Waals surface area contributed by atoms with E-state index in [1.54, 1.807) is 12.1 Å². The number of carbonyl (C=O) groups excluding carboxylic acids is 2. The van der Waals surface area contributed by atoms with Gasteiger partial charge in [0.1, 0.15) is 17.2 Å². The zero-order valence-corrected chi connectivity index (χ0v) is 20.5. The number of Topliss-reactive ketones (excluding diaryl/α,β-unsaturated/α-hetero) is 1. The highest BCUT2D eigenvalue weighted by Crippen LogP contribution is 2.47. The van der Waals surface area contributed by atoms with Gasteiger partial charge in [-0.1, -0.05) is 24.3 Å². The van der Waals surface area contributed by atoms with Crippen molar-refractivity contribution in [3.05, 3.63) is 87.5 Å². The number of dihydropyridines is 1. The highest BCUT2D eigenvalue weighted by molar-refractivity contribution is 6.04. The van der Waals surface area contributed by atoms with Gasteiger partial charge in [0.25, 0.3) is 0 Å². The monoisotopic (exact) mass is 475 g/mol. The molecule has 2 aromatic rings. The molecule has 0 bridgehead atoms. The first-order valence-electron chi connectivity index (χ1n) is 12.1. The van der Waals surface area contributed by atoms with Gasteiger partial charge in [-0.25, -0.2) is 9.18 Å². The smallest absolute Gasteiger partial charge is 0.336 e. The van der Waals surface area contributed by atoms with Crippen LogP contribution in [-0.4, -0.2) is 24.5 Å². The number of methoxy groups -OCH3 is 1. The van der Waals surface area contributed by atoms with Gasteiger partial charge in [0.15, 0.2) is 5.78 Å². The Morgan fingerprint density at radius 1 is 1.11 bits per heavy atom. The second kappa shape index (κ2) is 8.67. The zero-order chi connectivity index (χ0) is 24.9. The first-order valence-corrected chi connectivity index (χ1v) is 12.1. The van der Waals surface area contributed by atoms with Gasteiger partial charge >= 0.3 is 5.97 Å². The number of halogens is 1. The molecule has 2 aliphatic heterocycles. The fourth-order valence-electron chi connectivity index (χ4n) is 5.58. The van der Waals surface area contributed by atoms with Crippen molar-refractivity contribution in [1.82, 2.24) is 5.32 Å². The van der Waals surface area contributed by atoms with Crippen LogP contribution in [0.5, 0.6) is 5.75 Å². The topological polar surface area (TPSA) is 64.6 Å². The Labute approximate surface area is 205 Å². The van der Waals surface area contributed by atoms with Crippen molar-refractivity contribution >= 4 is 11.8 Å². The summed E-state index contributed by atoms with van der Waals surface area (Å²) < 4.78 is 24.8. The minimum Gasteiger partial charge on any atom is -0.488 e. The molecule has 0 amide bonds. The van der Waals surface area contributed by atoms with Crippen LogP contribution in [0.1, 0.15) is 68.6 Å². The molecule has 2 heterocycles. The minimum atomic E-state index is -0.513. The summed E-state index contributed by atoms with van der Waals surface area (Å²) >= 11 is 0. The predicted molar refractivity (Wildman–Crippen MR) is 130 cm³/mol. The fourth-order valence-corrected chi connectivity index (χ4v) is 5.58. The number of nitrogens with one attached hydrogen (secondary N) is 1. The Bertz CT molecular complexity index is 1270. The molecule has 3 aliphatic rings. The first kappa shape index (κ1) is 23.3. The average molecular weight is 476 g/mol. The van der Waals surface area contributed by atoms with Gasteiger partial charge in [0.05, 0.1) is 12.7 Å². The van der Waals surface area contributed by atoms with Crippen LogP contribution in [0, 0.1) is 5.82 Å². The third kappa shape index (κ3) is 4.26. The van der Waals surface area contributed by atoms with Crippen molar-refractivity contribution in [1.29, 1.82) is 0 Å². The van der Waals surface area contributed by atoms with Gasteiger partial charge in [-0.2, -0.15) is 0 Å². The summed E-state index contributed by atoms with van der Waals surface area (Å²) in [4.78, 5) is 26.5. The molecule has 0 spiro atoms. The van der Waals surface area contributed by atoms with Gasteiger partial charge in [0.2, 0.25) is 0 Å². The summed E-state index contributed by atoms with van der Waals surface area (Å²) in [6, 6.07) is 12.3. The second-order valence-electron chi connectivity index (χ2n) is 10.3. The molecule has 0 unspecified atom stereocenters. The summed E-state index contributed by atoms with van der Waals surface area (Å²) in [7, 11) is 1.36. The number of carbonyl (C=O) groups is 2. The van der Waals surface area contributed by atoms with E-state index in [-0.39, 0.29) is 23.1 Å². The van der Waals surface area contributed by atoms with Gasteiger partial charge in [0, 0.05) is 29.3 Å². The SMILES string of the molecule is COC(=O)C1=C(C)NC2=C(C(=O)C[C@H](c3ccc(F)cc3)C2)[C@@H]1c1ccc2c(c1)CCC(C)(C)O2. The number of hydrogen-bond donors (Lipinski definition) is 1. The molecule has 0 saturated heterocycles. The standard InChI is InChI=1S/C29H30FNO4/c1-16-25(28(33)34-4)26(19-7-10-24-18(13-19)11-12-29(2,3)35-24)27-22(31-16)14-20(15-23(27)32)17-5-8-21(30)9-6-17/h5-10,13,20,26,31H,11-12,14-15H2,1-4H3/t20-,26-/m1/s1. The Hall–Kier alpha value is -3.41. The molecule has 5 nitrogen and oxygen atoms in total. The lowest BCUT2D eigenvalue weighted by molar-refractivity contribution is -0.136. The molecule has 1 aliphatic carbocycles. The largest absolute Gasteiger partial charge is 0.488 e. The van der Waals surface area contributed by atoms with E-state index in [0.717, 1.165) is 41.0 Å². The Kier molecular flexibility index (Phi) is 5.78. The zero-order valence-electron chi connectivity index (χ0n) is 20.5. The number of esters is 1. The fraction of sp³-hybridized carbons (Fsp3) is 0.379. The van der Waals surface area contributed by atoms with Crippen molar-refractivity contribution in [2.75, 3.05) is 7.11 Å². The second-order valence-corrected chi connectivity index (χ2v) is 10.3. The molecule has 2 atom stereocenters. The molecule has 35 heavy (non-hydrogen) atoms. The van der Waals surface area contributed by atoms with Gasteiger partial charge in [-0.05, 0) is 80.8 Å². The molecule has 5 rings (SSSR count). The summed E-state index contributed by atoms with van der Waals surface area (Å²) in [6.07, 6.45) is 2.67. The number of fused-ring (bicyclic) bond motifs is 1. The van der Waals surface area contributed by atoms with Crippen molar-refractivity contribution < 1.29 is 23.5 Å². The third-order valence-electron chi connectivity index (χ3n) is 7.37. The van der Waals surface area contributed by atoms with E-state index in [1.165, 1.54) is 19.2 Å². The Morgan fingerprint density at radius 3 is 2.54 bits per heavy atom. The molecule has 1 N–H and O–H groups in total. The molecular weight excluding hydrogens is 445 g/mol. The van der Waals surface area contributed by atoms with Crippen LogP contribution in [0.25, 0.3) is 0 Å². The summed E-state index contributed by atoms with van der Waals surface area (Å²) in [5.41, 5.74) is 5.25. The molecule has 0 radical (unpaired) electrons. The maximum atomic E-state index is 13.6. The summed E-state index contributed by atoms with van der Waals surface area (Å²) in [6.45, 7) is 6.00. The van der Waals surface area contributed by atoms with E-state index >= 15 is 0 Å². The van der Waals surface area contributed by atoms with Crippen molar-refractivity contribution in [3.8, 4) is 5.75 Å². The number of rotatable bonds is 3. The van der Waals surface area contributed by atoms with E-state index < -0.39 is 11.9 Å². The summed E-state index contributed by atoms with van der Waals surface area (Å²) in [5.74, 6) is -0.479. The van der Waals surface area contributed by atoms with Gasteiger partial charge in [-0.3, -0.25) is 4.79 Å². The number of hydrogen-bond acceptors (Lipinski definition) is 5. The van der Waals surface area contributed by atoms with E-state index in [1.807, 2.05) is 19.1 Å². The number of allylic oxidation sites excluding steroid dienone is 3. The first-order chi connectivity index (χ1) is 16.7. The maximum Gasteiger partial charge on any atom is 0.336 e. The van der Waals surface area contributed by atoms with Crippen molar-refractivity contribution in [2.45, 2.75) is 63.9 Å². The molecule has 182 valence electrons. The van der Waals surface area contributed by atoms with Crippen LogP contribution in [0.3, 0.4) is 0 Å². The van der Waals surface area contributed by atoms with Crippen LogP contribution in [0.2, 0.25) is 0 Å². The minimum absolute atomic E-state index is 0.0120. The molecule has 2 aromatic carbocycles. The average Bonchev–Trinajstić information content (AvgIpc) is 2.82. The highest BCUT2D eigenvalue weighted by atomic mass is 19.1. The van der Waals surface area contributed by atoms with Crippen LogP contribution >= 0.6 is 0 Å². The van der Waals surface area contributed by atoms with Crippen LogP contribution in [0.15, 0.2) is 65.0 Å². The van der Waals surface area contributed by atoms with E-state index in [4.69, 9.17) is 9.47 Å². The van der Waals surface area contributed by atoms with Gasteiger partial charge in [-0.15, -0.1) is 0 Å². The number of aryl methyl sites for hydroxylation is 1. The van der Waals surface area contributed by atoms with E-state index in [9.17, 15) is 14.0 Å². The lowest BCUT2D eigenvalue weighted by Gasteiger charge is -2.37. The Balaban J connectivity index is 1.58. The highest BCUT2D eigenvalue weighted by Gasteiger charge is 2.41. The molecule has 0 fully saturated rings. The maximum absolute atomic E-state index is 13.6. The van der Waals surface area contributed by atoms with Crippen LogP contribution < -0.4 is 10.1 Å². The van der Waals surface area contributed by atoms with Crippen molar-refractivity contribution in [3.63, 3.8) is 0 Å². The number of ketones is 1. The number of benzene rings is 2. The van der Waals surface area contributed by atoms with Gasteiger partial charge < -0.3 is 14.8 Å². The number of ether oxygens (including phenoxy) is 2. The summed E-state index contributed by atoms with van der Waals surface area (Å²) in [5, 5.41) is 3.34. The van der Waals surface area contributed by atoms with Crippen LogP contribution in [-0.2, 0) is 20.7 Å². The molecule has 0 aromatic heterocycles. The van der Waals surface area contributed by atoms with E-state index in [0.29, 0.717) is 29.7 Å².